The summed E-state index contributed by atoms with van der Waals surface area (Å²) in [5.41, 5.74) is 0.0449. The monoisotopic (exact) mass is 333 g/mol. The Labute approximate surface area is 136 Å². The van der Waals surface area contributed by atoms with Gasteiger partial charge in [0, 0.05) is 18.5 Å². The zero-order valence-corrected chi connectivity index (χ0v) is 13.2. The van der Waals surface area contributed by atoms with E-state index in [-0.39, 0.29) is 17.9 Å². The van der Waals surface area contributed by atoms with Crippen LogP contribution in [0.4, 0.5) is 0 Å². The molecule has 1 N–H and O–H groups in total. The molecule has 0 saturated carbocycles. The third-order valence-corrected chi connectivity index (χ3v) is 4.57. The van der Waals surface area contributed by atoms with Crippen molar-refractivity contribution in [3.05, 3.63) is 57.9 Å². The summed E-state index contributed by atoms with van der Waals surface area (Å²) in [4.78, 5) is 27.3. The normalized spacial score (nSPS) is 18.0. The zero-order valence-electron chi connectivity index (χ0n) is 12.4. The van der Waals surface area contributed by atoms with Crippen LogP contribution in [0.15, 0.2) is 51.7 Å². The van der Waals surface area contributed by atoms with Gasteiger partial charge in [0.2, 0.25) is 5.78 Å². The van der Waals surface area contributed by atoms with E-state index in [0.717, 1.165) is 4.88 Å². The van der Waals surface area contributed by atoms with Gasteiger partial charge in [0.05, 0.1) is 24.5 Å². The standard InChI is InChI=1S/C16H15NO5S/c1-21-8-6-17-13(11-5-3-9-23-11)12(15(19)16(17)20)14(18)10-4-2-7-22-10/h2-5,7,9,13,19H,6,8H2,1H3. The Balaban J connectivity index is 2.03. The Hall–Kier alpha value is -2.38. The number of thiophene rings is 1. The first-order chi connectivity index (χ1) is 11.1. The van der Waals surface area contributed by atoms with Gasteiger partial charge in [-0.05, 0) is 23.6 Å². The summed E-state index contributed by atoms with van der Waals surface area (Å²) in [5.74, 6) is -1.50. The summed E-state index contributed by atoms with van der Waals surface area (Å²) in [7, 11) is 1.53. The van der Waals surface area contributed by atoms with Crippen LogP contribution in [0.25, 0.3) is 0 Å². The number of rotatable bonds is 6. The highest BCUT2D eigenvalue weighted by Crippen LogP contribution is 2.40. The third-order valence-electron chi connectivity index (χ3n) is 3.64. The van der Waals surface area contributed by atoms with Crippen LogP contribution >= 0.6 is 11.3 Å². The number of Topliss-reactive ketones (excluding diaryl/α,β-unsaturated/α-hetero) is 1. The number of carbonyl (C=O) groups is 2. The Morgan fingerprint density at radius 3 is 2.87 bits per heavy atom. The van der Waals surface area contributed by atoms with Crippen LogP contribution in [-0.4, -0.2) is 42.0 Å². The van der Waals surface area contributed by atoms with E-state index in [0.29, 0.717) is 6.61 Å². The topological polar surface area (TPSA) is 80.0 Å². The van der Waals surface area contributed by atoms with Crippen molar-refractivity contribution in [1.82, 2.24) is 4.90 Å². The van der Waals surface area contributed by atoms with Crippen molar-refractivity contribution < 1.29 is 23.8 Å². The van der Waals surface area contributed by atoms with Gasteiger partial charge in [-0.2, -0.15) is 0 Å². The largest absolute Gasteiger partial charge is 0.503 e. The molecule has 0 radical (unpaired) electrons. The number of aliphatic hydroxyl groups is 1. The van der Waals surface area contributed by atoms with Gasteiger partial charge in [0.1, 0.15) is 0 Å². The number of hydrogen-bond donors (Lipinski definition) is 1. The van der Waals surface area contributed by atoms with Crippen molar-refractivity contribution >= 4 is 23.0 Å². The molecule has 0 aliphatic carbocycles. The third kappa shape index (κ3) is 2.69. The Morgan fingerprint density at radius 1 is 1.43 bits per heavy atom. The van der Waals surface area contributed by atoms with Crippen LogP contribution in [0.1, 0.15) is 21.5 Å². The number of ketones is 1. The lowest BCUT2D eigenvalue weighted by atomic mass is 10.0. The molecule has 2 aromatic rings. The number of carbonyl (C=O) groups excluding carboxylic acids is 2. The number of nitrogens with zero attached hydrogens (tertiary/aromatic N) is 1. The predicted octanol–water partition coefficient (Wildman–Crippen LogP) is 2.57. The van der Waals surface area contributed by atoms with Crippen molar-refractivity contribution in [2.45, 2.75) is 6.04 Å². The van der Waals surface area contributed by atoms with Crippen molar-refractivity contribution in [2.24, 2.45) is 0 Å². The van der Waals surface area contributed by atoms with Crippen LogP contribution in [0.5, 0.6) is 0 Å². The number of methoxy groups -OCH3 is 1. The average molecular weight is 333 g/mol. The van der Waals surface area contributed by atoms with Gasteiger partial charge in [-0.15, -0.1) is 11.3 Å². The minimum atomic E-state index is -0.629. The summed E-state index contributed by atoms with van der Waals surface area (Å²) in [5, 5.41) is 12.1. The van der Waals surface area contributed by atoms with Gasteiger partial charge in [-0.3, -0.25) is 9.59 Å². The number of ether oxygens (including phenoxy) is 1. The maximum atomic E-state index is 12.7. The van der Waals surface area contributed by atoms with Gasteiger partial charge >= 0.3 is 0 Å². The maximum absolute atomic E-state index is 12.7. The van der Waals surface area contributed by atoms with E-state index in [1.54, 1.807) is 6.07 Å². The average Bonchev–Trinajstić information content (AvgIpc) is 3.28. The molecular formula is C16H15NO5S. The number of hydrogen-bond acceptors (Lipinski definition) is 6. The minimum Gasteiger partial charge on any atom is -0.503 e. The molecule has 1 unspecified atom stereocenters. The van der Waals surface area contributed by atoms with E-state index in [4.69, 9.17) is 9.15 Å². The molecule has 0 bridgehead atoms. The Bertz CT molecular complexity index is 733. The second kappa shape index (κ2) is 6.39. The van der Waals surface area contributed by atoms with Crippen molar-refractivity contribution in [1.29, 1.82) is 0 Å². The molecular weight excluding hydrogens is 318 g/mol. The van der Waals surface area contributed by atoms with Crippen LogP contribution in [-0.2, 0) is 9.53 Å². The first kappa shape index (κ1) is 15.5. The second-order valence-corrected chi connectivity index (χ2v) is 5.96. The van der Waals surface area contributed by atoms with Crippen LogP contribution in [0.2, 0.25) is 0 Å². The summed E-state index contributed by atoms with van der Waals surface area (Å²) < 4.78 is 10.2. The Morgan fingerprint density at radius 2 is 2.26 bits per heavy atom. The van der Waals surface area contributed by atoms with E-state index in [9.17, 15) is 14.7 Å². The molecule has 1 atom stereocenters. The molecule has 0 aromatic carbocycles. The van der Waals surface area contributed by atoms with Gasteiger partial charge in [-0.1, -0.05) is 6.07 Å². The van der Waals surface area contributed by atoms with Crippen LogP contribution in [0, 0.1) is 0 Å². The minimum absolute atomic E-state index is 0.0449. The molecule has 7 heteroatoms. The van der Waals surface area contributed by atoms with Gasteiger partial charge in [0.15, 0.2) is 11.5 Å². The SMILES string of the molecule is COCCN1C(=O)C(O)=C(C(=O)c2ccco2)C1c1cccs1. The molecule has 1 aliphatic rings. The number of aliphatic hydroxyl groups excluding tert-OH is 1. The fourth-order valence-corrected chi connectivity index (χ4v) is 3.43. The van der Waals surface area contributed by atoms with Crippen molar-refractivity contribution in [3.63, 3.8) is 0 Å². The molecule has 120 valence electrons. The first-order valence-electron chi connectivity index (χ1n) is 6.99. The van der Waals surface area contributed by atoms with Crippen molar-refractivity contribution in [3.8, 4) is 0 Å². The highest BCUT2D eigenvalue weighted by atomic mass is 32.1. The lowest BCUT2D eigenvalue weighted by Crippen LogP contribution is -2.33. The lowest BCUT2D eigenvalue weighted by Gasteiger charge is -2.25. The van der Waals surface area contributed by atoms with E-state index in [2.05, 4.69) is 0 Å². The summed E-state index contributed by atoms with van der Waals surface area (Å²) in [6, 6.07) is 6.14. The van der Waals surface area contributed by atoms with Gasteiger partial charge < -0.3 is 19.2 Å². The van der Waals surface area contributed by atoms with Crippen LogP contribution in [0.3, 0.4) is 0 Å². The molecule has 0 spiro atoms. The molecule has 0 fully saturated rings. The molecule has 2 aromatic heterocycles. The molecule has 1 amide bonds. The number of amides is 1. The van der Waals surface area contributed by atoms with E-state index in [1.165, 1.54) is 35.7 Å². The predicted molar refractivity (Wildman–Crippen MR) is 83.3 cm³/mol. The molecule has 0 saturated heterocycles. The molecule has 6 nitrogen and oxygen atoms in total. The van der Waals surface area contributed by atoms with Crippen molar-refractivity contribution in [2.75, 3.05) is 20.3 Å². The lowest BCUT2D eigenvalue weighted by molar-refractivity contribution is -0.130. The van der Waals surface area contributed by atoms with E-state index in [1.807, 2.05) is 17.5 Å². The molecule has 3 rings (SSSR count). The highest BCUT2D eigenvalue weighted by molar-refractivity contribution is 7.10. The molecule has 23 heavy (non-hydrogen) atoms. The zero-order chi connectivity index (χ0) is 16.4. The second-order valence-electron chi connectivity index (χ2n) is 4.98. The van der Waals surface area contributed by atoms with Gasteiger partial charge in [0.25, 0.3) is 5.91 Å². The summed E-state index contributed by atoms with van der Waals surface area (Å²) >= 11 is 1.42. The highest BCUT2D eigenvalue weighted by Gasteiger charge is 2.44. The maximum Gasteiger partial charge on any atom is 0.290 e. The fourth-order valence-electron chi connectivity index (χ4n) is 2.59. The molecule has 1 aliphatic heterocycles. The fraction of sp³-hybridized carbons (Fsp3) is 0.250. The van der Waals surface area contributed by atoms with Gasteiger partial charge in [-0.25, -0.2) is 0 Å². The number of furan rings is 1. The smallest absolute Gasteiger partial charge is 0.290 e. The van der Waals surface area contributed by atoms with E-state index < -0.39 is 23.5 Å². The van der Waals surface area contributed by atoms with Crippen LogP contribution < -0.4 is 0 Å². The quantitative estimate of drug-likeness (QED) is 0.822. The molecule has 3 heterocycles. The summed E-state index contributed by atoms with van der Waals surface area (Å²) in [6.07, 6.45) is 1.38. The first-order valence-corrected chi connectivity index (χ1v) is 7.87. The Kier molecular flexibility index (Phi) is 4.31. The summed E-state index contributed by atoms with van der Waals surface area (Å²) in [6.45, 7) is 0.583. The van der Waals surface area contributed by atoms with E-state index >= 15 is 0 Å².